The molecule has 0 amide bonds. The van der Waals surface area contributed by atoms with Crippen LogP contribution < -0.4 is 0 Å². The fourth-order valence-corrected chi connectivity index (χ4v) is 12.9. The second kappa shape index (κ2) is 11.7. The van der Waals surface area contributed by atoms with Crippen molar-refractivity contribution in [3.05, 3.63) is 47.8 Å². The van der Waals surface area contributed by atoms with E-state index in [2.05, 4.69) is 60.0 Å². The van der Waals surface area contributed by atoms with E-state index in [9.17, 15) is 19.1 Å². The fourth-order valence-electron chi connectivity index (χ4n) is 12.9. The summed E-state index contributed by atoms with van der Waals surface area (Å²) in [4.78, 5) is 24.8. The van der Waals surface area contributed by atoms with Gasteiger partial charge < -0.3 is 9.84 Å². The van der Waals surface area contributed by atoms with Gasteiger partial charge in [0, 0.05) is 10.8 Å². The van der Waals surface area contributed by atoms with Crippen molar-refractivity contribution in [2.45, 2.75) is 132 Å². The van der Waals surface area contributed by atoms with Crippen LogP contribution in [0.2, 0.25) is 0 Å². The van der Waals surface area contributed by atoms with Gasteiger partial charge in [-0.15, -0.1) is 0 Å². The van der Waals surface area contributed by atoms with E-state index in [1.165, 1.54) is 30.9 Å². The second-order valence-corrected chi connectivity index (χ2v) is 18.8. The molecule has 5 fully saturated rings. The van der Waals surface area contributed by atoms with Crippen LogP contribution in [-0.2, 0) is 14.3 Å². The van der Waals surface area contributed by atoms with Crippen molar-refractivity contribution < 1.29 is 23.8 Å². The molecule has 0 aromatic heterocycles. The van der Waals surface area contributed by atoms with E-state index in [1.54, 1.807) is 19.9 Å². The molecule has 10 atom stereocenters. The summed E-state index contributed by atoms with van der Waals surface area (Å²) in [5.41, 5.74) is 0.836. The standard InChI is InChI=1S/C43H59FO4/c1-27(2)29-17-23-43(22-16-28-12-10-11-13-31(28)44)25-24-41(8)30(36(29)43)14-15-33-40(7)20-19-34(48-35(45)26-38(3,4)37(46)47)39(5,6)32(40)18-21-42(33,41)9/h10-13,29-30,32-34,36H,1,14-15,17-21,23-26H2,2-9H3,(H,46,47)/t29-,30?,32?,33?,34-,36?,40-,41+,42+,43+/m0/s1. The number of hydrogen-bond acceptors (Lipinski definition) is 3. The van der Waals surface area contributed by atoms with Crippen molar-refractivity contribution in [2.75, 3.05) is 0 Å². The maximum absolute atomic E-state index is 14.7. The third-order valence-corrected chi connectivity index (χ3v) is 15.8. The number of carboxylic acid groups (broad SMARTS) is 1. The summed E-state index contributed by atoms with van der Waals surface area (Å²) in [6, 6.07) is 6.94. The van der Waals surface area contributed by atoms with Gasteiger partial charge in [0.25, 0.3) is 0 Å². The molecule has 0 saturated heterocycles. The molecule has 5 aliphatic carbocycles. The van der Waals surface area contributed by atoms with Gasteiger partial charge in [0.2, 0.25) is 0 Å². The number of fused-ring (bicyclic) bond motifs is 7. The molecule has 6 rings (SSSR count). The average molecular weight is 659 g/mol. The zero-order chi connectivity index (χ0) is 35.1. The van der Waals surface area contributed by atoms with Gasteiger partial charge in [-0.3, -0.25) is 9.59 Å². The zero-order valence-corrected chi connectivity index (χ0v) is 30.8. The van der Waals surface area contributed by atoms with E-state index in [0.29, 0.717) is 35.2 Å². The van der Waals surface area contributed by atoms with Gasteiger partial charge in [-0.2, -0.15) is 0 Å². The normalized spacial score (nSPS) is 41.4. The lowest BCUT2D eigenvalue weighted by molar-refractivity contribution is -0.247. The van der Waals surface area contributed by atoms with Crippen molar-refractivity contribution in [3.8, 4) is 11.8 Å². The molecular weight excluding hydrogens is 599 g/mol. The highest BCUT2D eigenvalue weighted by molar-refractivity contribution is 5.81. The third-order valence-electron chi connectivity index (χ3n) is 15.8. The highest BCUT2D eigenvalue weighted by Crippen LogP contribution is 2.77. The fraction of sp³-hybridized carbons (Fsp3) is 0.721. The Bertz CT molecular complexity index is 1550. The molecular formula is C43H59FO4. The molecule has 1 aromatic carbocycles. The summed E-state index contributed by atoms with van der Waals surface area (Å²) >= 11 is 0. The first-order chi connectivity index (χ1) is 22.3. The first kappa shape index (κ1) is 35.2. The lowest BCUT2D eigenvalue weighted by Crippen LogP contribution is -2.66. The number of ether oxygens (including phenoxy) is 1. The first-order valence-corrected chi connectivity index (χ1v) is 18.7. The SMILES string of the molecule is C=C(C)[C@@H]1CC[C@]2(C#Cc3ccccc3F)CC[C@]3(C)C(CCC4[C@@]5(C)CC[C@H](OC(=O)CC(C)(C)C(=O)O)C(C)(C)C5CC[C@]43C)C12. The third kappa shape index (κ3) is 5.21. The van der Waals surface area contributed by atoms with Crippen molar-refractivity contribution in [3.63, 3.8) is 0 Å². The highest BCUT2D eigenvalue weighted by atomic mass is 19.1. The minimum absolute atomic E-state index is 0.0977. The molecule has 0 bridgehead atoms. The Morgan fingerprint density at radius 3 is 2.31 bits per heavy atom. The Kier molecular flexibility index (Phi) is 8.61. The molecule has 5 saturated carbocycles. The number of carboxylic acids is 1. The first-order valence-electron chi connectivity index (χ1n) is 18.7. The largest absolute Gasteiger partial charge is 0.481 e. The van der Waals surface area contributed by atoms with Gasteiger partial charge in [-0.25, -0.2) is 4.39 Å². The lowest BCUT2D eigenvalue weighted by atomic mass is 9.32. The predicted octanol–water partition coefficient (Wildman–Crippen LogP) is 10.2. The molecule has 4 unspecified atom stereocenters. The number of rotatable bonds is 5. The Morgan fingerprint density at radius 1 is 0.938 bits per heavy atom. The summed E-state index contributed by atoms with van der Waals surface area (Å²) in [7, 11) is 0. The molecule has 48 heavy (non-hydrogen) atoms. The lowest BCUT2D eigenvalue weighted by Gasteiger charge is -2.72. The van der Waals surface area contributed by atoms with Crippen LogP contribution in [0.3, 0.4) is 0 Å². The van der Waals surface area contributed by atoms with E-state index in [-0.39, 0.29) is 45.4 Å². The predicted molar refractivity (Wildman–Crippen MR) is 188 cm³/mol. The number of hydrogen-bond donors (Lipinski definition) is 1. The number of aliphatic carboxylic acids is 1. The number of esters is 1. The summed E-state index contributed by atoms with van der Waals surface area (Å²) in [6.45, 7) is 22.3. The van der Waals surface area contributed by atoms with Crippen LogP contribution in [0.4, 0.5) is 4.39 Å². The highest BCUT2D eigenvalue weighted by Gasteiger charge is 2.71. The number of halogens is 1. The van der Waals surface area contributed by atoms with Crippen LogP contribution in [0, 0.1) is 79.7 Å². The topological polar surface area (TPSA) is 63.6 Å². The molecule has 262 valence electrons. The van der Waals surface area contributed by atoms with Crippen LogP contribution in [0.5, 0.6) is 0 Å². The number of carbonyl (C=O) groups is 2. The van der Waals surface area contributed by atoms with Crippen molar-refractivity contribution in [1.29, 1.82) is 0 Å². The van der Waals surface area contributed by atoms with Crippen molar-refractivity contribution in [2.24, 2.45) is 62.1 Å². The van der Waals surface area contributed by atoms with Gasteiger partial charge in [-0.05, 0) is 143 Å². The minimum Gasteiger partial charge on any atom is -0.481 e. The van der Waals surface area contributed by atoms with E-state index in [0.717, 1.165) is 44.9 Å². The van der Waals surface area contributed by atoms with Crippen LogP contribution in [0.25, 0.3) is 0 Å². The van der Waals surface area contributed by atoms with Crippen molar-refractivity contribution in [1.82, 2.24) is 0 Å². The minimum atomic E-state index is -1.14. The van der Waals surface area contributed by atoms with Gasteiger partial charge >= 0.3 is 11.9 Å². The summed E-state index contributed by atoms with van der Waals surface area (Å²) in [6.07, 6.45) is 10.6. The molecule has 4 nitrogen and oxygen atoms in total. The molecule has 5 heteroatoms. The second-order valence-electron chi connectivity index (χ2n) is 18.8. The summed E-state index contributed by atoms with van der Waals surface area (Å²) in [5.74, 6) is 7.95. The van der Waals surface area contributed by atoms with Crippen LogP contribution in [0.15, 0.2) is 36.4 Å². The van der Waals surface area contributed by atoms with Gasteiger partial charge in [0.05, 0.1) is 17.4 Å². The summed E-state index contributed by atoms with van der Waals surface area (Å²) < 4.78 is 20.9. The average Bonchev–Trinajstić information content (AvgIpc) is 3.38. The van der Waals surface area contributed by atoms with Crippen LogP contribution in [-0.4, -0.2) is 23.1 Å². The number of carbonyl (C=O) groups excluding carboxylic acids is 1. The van der Waals surface area contributed by atoms with Crippen LogP contribution in [0.1, 0.15) is 132 Å². The monoisotopic (exact) mass is 658 g/mol. The molecule has 0 radical (unpaired) electrons. The van der Waals surface area contributed by atoms with Crippen molar-refractivity contribution >= 4 is 11.9 Å². The molecule has 0 spiro atoms. The van der Waals surface area contributed by atoms with Gasteiger partial charge in [-0.1, -0.05) is 70.7 Å². The van der Waals surface area contributed by atoms with Gasteiger partial charge in [0.1, 0.15) is 11.9 Å². The quantitative estimate of drug-likeness (QED) is 0.194. The smallest absolute Gasteiger partial charge is 0.309 e. The maximum Gasteiger partial charge on any atom is 0.309 e. The van der Waals surface area contributed by atoms with Crippen LogP contribution >= 0.6 is 0 Å². The maximum atomic E-state index is 14.7. The van der Waals surface area contributed by atoms with E-state index in [4.69, 9.17) is 4.74 Å². The molecule has 5 aliphatic rings. The Balaban J connectivity index is 1.29. The molecule has 0 heterocycles. The Hall–Kier alpha value is -2.61. The van der Waals surface area contributed by atoms with Gasteiger partial charge in [0.15, 0.2) is 0 Å². The van der Waals surface area contributed by atoms with E-state index >= 15 is 0 Å². The number of benzene rings is 1. The van der Waals surface area contributed by atoms with E-state index in [1.807, 2.05) is 12.1 Å². The summed E-state index contributed by atoms with van der Waals surface area (Å²) in [5, 5.41) is 9.58. The molecule has 1 aromatic rings. The Labute approximate surface area is 289 Å². The Morgan fingerprint density at radius 2 is 1.65 bits per heavy atom. The molecule has 0 aliphatic heterocycles. The zero-order valence-electron chi connectivity index (χ0n) is 30.8. The molecule has 1 N–H and O–H groups in total. The van der Waals surface area contributed by atoms with E-state index < -0.39 is 17.4 Å². The number of allylic oxidation sites excluding steroid dienone is 1.